The summed E-state index contributed by atoms with van der Waals surface area (Å²) in [7, 11) is 0. The summed E-state index contributed by atoms with van der Waals surface area (Å²) in [4.78, 5) is 9.36. The molecule has 0 atom stereocenters. The molecule has 0 aliphatic rings. The Bertz CT molecular complexity index is 3020. The molecule has 0 saturated heterocycles. The van der Waals surface area contributed by atoms with Crippen LogP contribution in [0.2, 0.25) is 0 Å². The number of aromatic nitrogens is 3. The van der Waals surface area contributed by atoms with E-state index in [1.54, 1.807) is 18.2 Å². The van der Waals surface area contributed by atoms with E-state index in [1.165, 1.54) is 17.5 Å². The van der Waals surface area contributed by atoms with Crippen LogP contribution in [0, 0.1) is 18.3 Å². The first-order valence-corrected chi connectivity index (χ1v) is 19.1. The van der Waals surface area contributed by atoms with Gasteiger partial charge in [0.2, 0.25) is 0 Å². The molecule has 3 aromatic heterocycles. The monoisotopic (exact) mass is 933 g/mol. The van der Waals surface area contributed by atoms with Gasteiger partial charge in [-0.25, -0.2) is 0 Å². The van der Waals surface area contributed by atoms with E-state index in [9.17, 15) is 0 Å². The van der Waals surface area contributed by atoms with E-state index in [2.05, 4.69) is 106 Å². The van der Waals surface area contributed by atoms with E-state index < -0.39 is 13.2 Å². The third kappa shape index (κ3) is 8.05. The van der Waals surface area contributed by atoms with Crippen LogP contribution in [0.5, 0.6) is 0 Å². The predicted molar refractivity (Wildman–Crippen MR) is 234 cm³/mol. The molecule has 7 aromatic carbocycles. The van der Waals surface area contributed by atoms with Crippen molar-refractivity contribution in [3.8, 4) is 50.6 Å². The van der Waals surface area contributed by atoms with Gasteiger partial charge < -0.3 is 9.55 Å². The van der Waals surface area contributed by atoms with Crippen molar-refractivity contribution in [1.29, 1.82) is 0 Å². The van der Waals surface area contributed by atoms with E-state index in [-0.39, 0.29) is 25.7 Å². The van der Waals surface area contributed by atoms with Gasteiger partial charge in [-0.2, -0.15) is 0 Å². The Morgan fingerprint density at radius 3 is 2.02 bits per heavy atom. The fourth-order valence-corrected chi connectivity index (χ4v) is 7.80. The van der Waals surface area contributed by atoms with Crippen molar-refractivity contribution >= 4 is 32.5 Å². The van der Waals surface area contributed by atoms with Gasteiger partial charge in [0.05, 0.1) is 22.5 Å². The second kappa shape index (κ2) is 17.3. The molecular weight excluding hydrogens is 891 g/mol. The van der Waals surface area contributed by atoms with Gasteiger partial charge in [-0.1, -0.05) is 167 Å². The quantitative estimate of drug-likeness (QED) is 0.149. The Balaban J connectivity index is 0.000000263. The first-order chi connectivity index (χ1) is 29.7. The molecule has 1 radical (unpaired) electrons. The maximum Gasteiger partial charge on any atom is 0.0774 e. The minimum Gasteiger partial charge on any atom is -0.332 e. The van der Waals surface area contributed by atoms with Crippen molar-refractivity contribution in [3.63, 3.8) is 0 Å². The minimum atomic E-state index is -2.09. The Hall–Kier alpha value is -6.23. The van der Waals surface area contributed by atoms with Crippen molar-refractivity contribution in [2.45, 2.75) is 13.2 Å². The number of hydrogen-bond donors (Lipinski definition) is 0. The average molecular weight is 933 g/mol. The zero-order valence-electron chi connectivity index (χ0n) is 35.6. The second-order valence-electron chi connectivity index (χ2n) is 13.2. The van der Waals surface area contributed by atoms with E-state index in [0.717, 1.165) is 71.7 Å². The van der Waals surface area contributed by atoms with Gasteiger partial charge in [0.1, 0.15) is 0 Å². The van der Waals surface area contributed by atoms with E-state index in [4.69, 9.17) is 11.8 Å². The summed E-state index contributed by atoms with van der Waals surface area (Å²) in [6.45, 7) is -2.09. The van der Waals surface area contributed by atoms with Crippen LogP contribution in [0.25, 0.3) is 71.7 Å². The second-order valence-corrected chi connectivity index (χ2v) is 14.0. The Morgan fingerprint density at radius 1 is 0.667 bits per heavy atom. The summed E-state index contributed by atoms with van der Waals surface area (Å²) in [5.41, 5.74) is 11.5. The number of rotatable bonds is 7. The molecule has 0 saturated carbocycles. The van der Waals surface area contributed by atoms with Gasteiger partial charge in [-0.3, -0.25) is 16.3 Å². The van der Waals surface area contributed by atoms with Crippen molar-refractivity contribution in [2.75, 3.05) is 0 Å². The number of thiophene rings is 1. The summed E-state index contributed by atoms with van der Waals surface area (Å²) in [6.07, 6.45) is -0.227. The molecule has 277 valence electrons. The zero-order chi connectivity index (χ0) is 42.0. The molecule has 0 aliphatic heterocycles. The van der Waals surface area contributed by atoms with Crippen molar-refractivity contribution in [3.05, 3.63) is 222 Å². The zero-order valence-corrected chi connectivity index (χ0v) is 33.8. The molecule has 10 rings (SSSR count). The first kappa shape index (κ1) is 31.9. The smallest absolute Gasteiger partial charge is 0.0774 e. The number of nitrogens with zero attached hydrogens (tertiary/aromatic N) is 3. The summed E-state index contributed by atoms with van der Waals surface area (Å²) < 4.78 is 42.8. The normalized spacial score (nSPS) is 12.6. The molecule has 0 amide bonds. The van der Waals surface area contributed by atoms with Gasteiger partial charge in [0.25, 0.3) is 0 Å². The molecule has 0 aliphatic carbocycles. The van der Waals surface area contributed by atoms with Crippen LogP contribution in [0.4, 0.5) is 0 Å². The molecule has 3 heterocycles. The van der Waals surface area contributed by atoms with Gasteiger partial charge in [0, 0.05) is 44.3 Å². The molecular formula is C52H37IrN3S-2. The average Bonchev–Trinajstić information content (AvgIpc) is 3.91. The van der Waals surface area contributed by atoms with Gasteiger partial charge >= 0.3 is 0 Å². The molecule has 0 N–H and O–H groups in total. The third-order valence-electron chi connectivity index (χ3n) is 9.54. The largest absolute Gasteiger partial charge is 0.332 e. The van der Waals surface area contributed by atoms with Crippen LogP contribution >= 0.6 is 11.3 Å². The minimum absolute atomic E-state index is 0. The van der Waals surface area contributed by atoms with Gasteiger partial charge in [0.15, 0.2) is 0 Å². The topological polar surface area (TPSA) is 30.7 Å². The van der Waals surface area contributed by atoms with Crippen LogP contribution < -0.4 is 0 Å². The fourth-order valence-electron chi connectivity index (χ4n) is 6.92. The number of benzene rings is 7. The molecule has 0 unspecified atom stereocenters. The Morgan fingerprint density at radius 2 is 1.35 bits per heavy atom. The van der Waals surface area contributed by atoms with E-state index >= 15 is 0 Å². The van der Waals surface area contributed by atoms with Crippen LogP contribution in [0.3, 0.4) is 0 Å². The van der Waals surface area contributed by atoms with Crippen LogP contribution in [-0.4, -0.2) is 14.5 Å². The Labute approximate surface area is 358 Å². The van der Waals surface area contributed by atoms with Gasteiger partial charge in [-0.15, -0.1) is 47.3 Å². The molecule has 57 heavy (non-hydrogen) atoms. The van der Waals surface area contributed by atoms with Crippen molar-refractivity contribution in [1.82, 2.24) is 14.5 Å². The number of imidazole rings is 1. The first-order valence-electron chi connectivity index (χ1n) is 20.8. The summed E-state index contributed by atoms with van der Waals surface area (Å²) in [5.74, 6) is 0.807. The maximum absolute atomic E-state index is 8.93. The molecule has 5 heteroatoms. The van der Waals surface area contributed by atoms with Crippen molar-refractivity contribution in [2.24, 2.45) is 0 Å². The fraction of sp³-hybridized carbons (Fsp3) is 0.0385. The number of fused-ring (bicyclic) bond motifs is 2. The standard InChI is InChI=1S/C40H27N2S.C12H10N.Ir/c1-4-13-28(14-5-1)25-29-23-24-34-35(27-43-38(34)26-29)40-41-36-21-10-11-22-37(36)42(40)39-32(30-15-6-2-7-16-30)19-12-20-33(39)31-17-8-3-9-18-31;1-10-7-8-12(13-9-10)11-5-3-2-4-6-11;/h1-24,26H,25H2;2-5,7-9H,1H3;/q2*-1;/i25D2;1D3;. The summed E-state index contributed by atoms with van der Waals surface area (Å²) in [6, 6.07) is 64.8. The van der Waals surface area contributed by atoms with Crippen LogP contribution in [0.1, 0.15) is 23.5 Å². The summed E-state index contributed by atoms with van der Waals surface area (Å²) >= 11 is 1.50. The third-order valence-corrected chi connectivity index (χ3v) is 10.4. The van der Waals surface area contributed by atoms with E-state index in [1.807, 2.05) is 84.9 Å². The van der Waals surface area contributed by atoms with Crippen LogP contribution in [0.15, 0.2) is 194 Å². The van der Waals surface area contributed by atoms with E-state index in [0.29, 0.717) is 11.1 Å². The summed E-state index contributed by atoms with van der Waals surface area (Å²) in [5, 5.41) is 4.58. The molecule has 10 aromatic rings. The number of pyridine rings is 1. The number of aryl methyl sites for hydroxylation is 1. The van der Waals surface area contributed by atoms with Crippen molar-refractivity contribution < 1.29 is 27.0 Å². The maximum atomic E-state index is 8.93. The molecule has 0 spiro atoms. The number of para-hydroxylation sites is 3. The Kier molecular flexibility index (Phi) is 9.68. The molecule has 0 fully saturated rings. The molecule has 0 bridgehead atoms. The SMILES string of the molecule is [2H]C([2H])([2H])c1ccc(-c2[c-]cccc2)nc1.[2H]C([2H])(c1ccccc1)c1ccc2c(-c3nc4ccccc4n3-c3c(-c4ccccc4)cccc3-c3ccccc3)[c-]sc2c1.[Ir]. The molecule has 3 nitrogen and oxygen atoms in total. The van der Waals surface area contributed by atoms with Gasteiger partial charge in [-0.05, 0) is 53.3 Å². The predicted octanol–water partition coefficient (Wildman–Crippen LogP) is 13.5. The number of hydrogen-bond acceptors (Lipinski definition) is 3. The van der Waals surface area contributed by atoms with Crippen LogP contribution in [-0.2, 0) is 26.5 Å².